The van der Waals surface area contributed by atoms with E-state index in [0.29, 0.717) is 0 Å². The number of halogens is 1. The number of aryl methyl sites for hydroxylation is 1. The van der Waals surface area contributed by atoms with Crippen molar-refractivity contribution in [3.63, 3.8) is 0 Å². The molecule has 0 aliphatic heterocycles. The van der Waals surface area contributed by atoms with Gasteiger partial charge in [-0.25, -0.2) is 0 Å². The number of hydrogen-bond acceptors (Lipinski definition) is 3. The van der Waals surface area contributed by atoms with E-state index in [9.17, 15) is 8.42 Å². The van der Waals surface area contributed by atoms with Crippen LogP contribution >= 0.6 is 11.9 Å². The molecule has 0 saturated carbocycles. The zero-order valence-electron chi connectivity index (χ0n) is 16.9. The summed E-state index contributed by atoms with van der Waals surface area (Å²) in [5.74, 6) is 0. The third-order valence-corrected chi connectivity index (χ3v) is 6.63. The van der Waals surface area contributed by atoms with Gasteiger partial charge in [-0.15, -0.1) is 0 Å². The first-order valence-corrected chi connectivity index (χ1v) is 12.5. The molecule has 0 fully saturated rings. The molecule has 1 rings (SSSR count). The number of rotatable bonds is 17. The quantitative estimate of drug-likeness (QED) is 0.246. The monoisotopic (exact) mass is 416 g/mol. The number of unbranched alkanes of at least 4 members (excludes halogenated alkanes) is 13. The highest BCUT2D eigenvalue weighted by atomic mass is 35.5. The van der Waals surface area contributed by atoms with Gasteiger partial charge in [0.1, 0.15) is 0 Å². The number of hydrogen-bond donors (Lipinski definition) is 0. The summed E-state index contributed by atoms with van der Waals surface area (Å²) in [6, 6.07) is 6.78. The Balaban J connectivity index is 1.94. The molecule has 0 N–H and O–H groups in total. The van der Waals surface area contributed by atoms with E-state index in [1.54, 1.807) is 12.1 Å². The van der Waals surface area contributed by atoms with Gasteiger partial charge in [0.05, 0.1) is 16.8 Å². The molecule has 0 aliphatic carbocycles. The summed E-state index contributed by atoms with van der Waals surface area (Å²) in [6.07, 6.45) is 20.0. The van der Waals surface area contributed by atoms with Crippen LogP contribution in [0.25, 0.3) is 0 Å². The Hall–Kier alpha value is -0.580. The van der Waals surface area contributed by atoms with Crippen LogP contribution in [0.5, 0.6) is 0 Å². The largest absolute Gasteiger partial charge is 0.312 e. The second-order valence-corrected chi connectivity index (χ2v) is 9.39. The predicted molar refractivity (Wildman–Crippen MR) is 115 cm³/mol. The van der Waals surface area contributed by atoms with Gasteiger partial charge in [-0.05, 0) is 30.5 Å². The summed E-state index contributed by atoms with van der Waals surface area (Å²) in [7, 11) is -3.80. The molecule has 1 aromatic rings. The predicted octanol–water partition coefficient (Wildman–Crippen LogP) is 7.57. The molecule has 0 radical (unpaired) electrons. The summed E-state index contributed by atoms with van der Waals surface area (Å²) in [6.45, 7) is 2.27. The Morgan fingerprint density at radius 2 is 1.11 bits per heavy atom. The first kappa shape index (κ1) is 24.5. The minimum absolute atomic E-state index is 0.0993. The summed E-state index contributed by atoms with van der Waals surface area (Å²) >= 11 is 4.98. The lowest BCUT2D eigenvalue weighted by Crippen LogP contribution is -1.99. The van der Waals surface area contributed by atoms with Gasteiger partial charge in [0.25, 0.3) is 0 Å². The van der Waals surface area contributed by atoms with Crippen LogP contribution in [0.4, 0.5) is 0 Å². The molecule has 156 valence electrons. The molecule has 0 aliphatic rings. The Morgan fingerprint density at radius 1 is 0.704 bits per heavy atom. The third-order valence-electron chi connectivity index (χ3n) is 5.11. The van der Waals surface area contributed by atoms with Crippen LogP contribution in [0.15, 0.2) is 29.2 Å². The maximum atomic E-state index is 11.5. The lowest BCUT2D eigenvalue weighted by Gasteiger charge is -2.05. The van der Waals surface area contributed by atoms with Crippen LogP contribution in [0.3, 0.4) is 0 Å². The van der Waals surface area contributed by atoms with Crippen LogP contribution in [0.2, 0.25) is 0 Å². The highest BCUT2D eigenvalue weighted by Gasteiger charge is 2.13. The van der Waals surface area contributed by atoms with Crippen molar-refractivity contribution in [3.05, 3.63) is 29.8 Å². The van der Waals surface area contributed by atoms with Gasteiger partial charge >= 0.3 is 10.1 Å². The average molecular weight is 417 g/mol. The summed E-state index contributed by atoms with van der Waals surface area (Å²) in [5, 5.41) is 0. The van der Waals surface area contributed by atoms with Crippen molar-refractivity contribution in [3.8, 4) is 0 Å². The van der Waals surface area contributed by atoms with E-state index < -0.39 is 10.1 Å². The van der Waals surface area contributed by atoms with Crippen LogP contribution in [-0.2, 0) is 20.3 Å². The molecule has 3 nitrogen and oxygen atoms in total. The Morgan fingerprint density at radius 3 is 1.52 bits per heavy atom. The van der Waals surface area contributed by atoms with Gasteiger partial charge in [-0.3, -0.25) is 0 Å². The van der Waals surface area contributed by atoms with Crippen molar-refractivity contribution in [1.29, 1.82) is 0 Å². The molecular formula is C22H37ClO3S. The molecule has 0 atom stereocenters. The van der Waals surface area contributed by atoms with Gasteiger partial charge in [0, 0.05) is 0 Å². The van der Waals surface area contributed by atoms with E-state index in [2.05, 4.69) is 10.7 Å². The molecule has 1 aromatic carbocycles. The standard InChI is InChI=1S/C22H37ClO3S/c1-2-3-4-5-6-7-8-9-10-11-12-13-14-15-16-21-17-19-22(20-18-21)27(24,25)26-23/h17-20H,2-16H2,1H3. The van der Waals surface area contributed by atoms with Gasteiger partial charge in [-0.2, -0.15) is 12.2 Å². The minimum Gasteiger partial charge on any atom is -0.193 e. The van der Waals surface area contributed by atoms with Crippen molar-refractivity contribution in [1.82, 2.24) is 0 Å². The van der Waals surface area contributed by atoms with E-state index >= 15 is 0 Å². The van der Waals surface area contributed by atoms with Crippen LogP contribution in [-0.4, -0.2) is 8.42 Å². The van der Waals surface area contributed by atoms with Crippen molar-refractivity contribution in [2.75, 3.05) is 0 Å². The lowest BCUT2D eigenvalue weighted by atomic mass is 10.0. The SMILES string of the molecule is CCCCCCCCCCCCCCCCc1ccc(S(=O)(=O)OCl)cc1. The van der Waals surface area contributed by atoms with E-state index in [1.807, 2.05) is 12.1 Å². The van der Waals surface area contributed by atoms with Crippen molar-refractivity contribution in [2.24, 2.45) is 0 Å². The molecule has 27 heavy (non-hydrogen) atoms. The third kappa shape index (κ3) is 11.8. The van der Waals surface area contributed by atoms with E-state index in [1.165, 1.54) is 83.5 Å². The Labute approximate surface area is 172 Å². The molecule has 0 saturated heterocycles. The summed E-state index contributed by atoms with van der Waals surface area (Å²) in [4.78, 5) is 0.0993. The second-order valence-electron chi connectivity index (χ2n) is 7.51. The van der Waals surface area contributed by atoms with Gasteiger partial charge in [-0.1, -0.05) is 103 Å². The number of benzene rings is 1. The fourth-order valence-corrected chi connectivity index (χ4v) is 4.14. The van der Waals surface area contributed by atoms with E-state index in [0.717, 1.165) is 18.4 Å². The van der Waals surface area contributed by atoms with Gasteiger partial charge in [0.2, 0.25) is 0 Å². The summed E-state index contributed by atoms with van der Waals surface area (Å²) in [5.41, 5.74) is 1.16. The zero-order chi connectivity index (χ0) is 19.8. The highest BCUT2D eigenvalue weighted by Crippen LogP contribution is 2.17. The minimum atomic E-state index is -3.80. The van der Waals surface area contributed by atoms with Crippen molar-refractivity contribution < 1.29 is 12.2 Å². The van der Waals surface area contributed by atoms with E-state index in [-0.39, 0.29) is 4.90 Å². The molecule has 0 bridgehead atoms. The molecular weight excluding hydrogens is 380 g/mol. The zero-order valence-corrected chi connectivity index (χ0v) is 18.5. The first-order valence-electron chi connectivity index (χ1n) is 10.7. The lowest BCUT2D eigenvalue weighted by molar-refractivity contribution is 0.509. The Bertz CT molecular complexity index is 570. The van der Waals surface area contributed by atoms with Crippen molar-refractivity contribution in [2.45, 2.75) is 108 Å². The van der Waals surface area contributed by atoms with Crippen molar-refractivity contribution >= 4 is 22.0 Å². The normalized spacial score (nSPS) is 11.8. The molecule has 0 unspecified atom stereocenters. The van der Waals surface area contributed by atoms with Crippen LogP contribution in [0.1, 0.15) is 102 Å². The topological polar surface area (TPSA) is 43.4 Å². The highest BCUT2D eigenvalue weighted by molar-refractivity contribution is 7.87. The molecule has 0 amide bonds. The van der Waals surface area contributed by atoms with E-state index in [4.69, 9.17) is 11.9 Å². The fraction of sp³-hybridized carbons (Fsp3) is 0.727. The van der Waals surface area contributed by atoms with Crippen LogP contribution < -0.4 is 0 Å². The van der Waals surface area contributed by atoms with Gasteiger partial charge < -0.3 is 0 Å². The van der Waals surface area contributed by atoms with Crippen LogP contribution in [0, 0.1) is 0 Å². The van der Waals surface area contributed by atoms with Gasteiger partial charge in [0.15, 0.2) is 0 Å². The second kappa shape index (κ2) is 15.4. The fourth-order valence-electron chi connectivity index (χ4n) is 3.38. The smallest absolute Gasteiger partial charge is 0.193 e. The maximum absolute atomic E-state index is 11.5. The molecule has 0 heterocycles. The first-order chi connectivity index (χ1) is 13.1. The molecule has 0 spiro atoms. The molecule has 0 aromatic heterocycles. The summed E-state index contributed by atoms with van der Waals surface area (Å²) < 4.78 is 26.9. The average Bonchev–Trinajstić information content (AvgIpc) is 2.68. The Kier molecular flexibility index (Phi) is 13.9. The maximum Gasteiger partial charge on any atom is 0.312 e. The molecule has 5 heteroatoms.